The minimum absolute atomic E-state index is 0.133. The lowest BCUT2D eigenvalue weighted by Gasteiger charge is -2.30. The van der Waals surface area contributed by atoms with Crippen LogP contribution in [-0.2, 0) is 4.79 Å². The molecule has 0 fully saturated rings. The van der Waals surface area contributed by atoms with Crippen molar-refractivity contribution in [1.29, 1.82) is 0 Å². The molecule has 0 bridgehead atoms. The summed E-state index contributed by atoms with van der Waals surface area (Å²) in [5.74, 6) is 0.133. The number of rotatable bonds is 1. The summed E-state index contributed by atoms with van der Waals surface area (Å²) in [5, 5.41) is 1.68. The van der Waals surface area contributed by atoms with Crippen LogP contribution in [0.4, 0.5) is 0 Å². The van der Waals surface area contributed by atoms with Crippen LogP contribution >= 0.6 is 0 Å². The molecule has 1 amide bonds. The maximum Gasteiger partial charge on any atom is 0.241 e. The molecular weight excluding hydrogens is 152 g/mol. The highest BCUT2D eigenvalue weighted by molar-refractivity contribution is 5.77. The third-order valence-electron chi connectivity index (χ3n) is 1.99. The predicted molar refractivity (Wildman–Crippen MR) is 48.1 cm³/mol. The average Bonchev–Trinajstić information content (AvgIpc) is 2.23. The van der Waals surface area contributed by atoms with Gasteiger partial charge in [-0.1, -0.05) is 6.92 Å². The van der Waals surface area contributed by atoms with Crippen molar-refractivity contribution in [3.63, 3.8) is 0 Å². The van der Waals surface area contributed by atoms with E-state index in [1.54, 1.807) is 5.01 Å². The zero-order chi connectivity index (χ0) is 9.35. The highest BCUT2D eigenvalue weighted by atomic mass is 16.2. The van der Waals surface area contributed by atoms with Crippen molar-refractivity contribution in [3.05, 3.63) is 11.8 Å². The fourth-order valence-electron chi connectivity index (χ4n) is 1.49. The molecule has 0 spiro atoms. The van der Waals surface area contributed by atoms with Crippen LogP contribution in [0.15, 0.2) is 11.8 Å². The Labute approximate surface area is 73.4 Å². The van der Waals surface area contributed by atoms with Crippen LogP contribution in [0.1, 0.15) is 34.1 Å². The van der Waals surface area contributed by atoms with E-state index in [-0.39, 0.29) is 11.4 Å². The summed E-state index contributed by atoms with van der Waals surface area (Å²) in [5.41, 5.74) is 3.90. The van der Waals surface area contributed by atoms with Crippen molar-refractivity contribution >= 4 is 5.91 Å². The maximum absolute atomic E-state index is 11.4. The van der Waals surface area contributed by atoms with E-state index in [1.165, 1.54) is 0 Å². The Morgan fingerprint density at radius 1 is 1.67 bits per heavy atom. The fraction of sp³-hybridized carbons (Fsp3) is 0.667. The molecule has 68 valence electrons. The fourth-order valence-corrected chi connectivity index (χ4v) is 1.49. The zero-order valence-corrected chi connectivity index (χ0v) is 8.14. The molecule has 0 aromatic rings. The summed E-state index contributed by atoms with van der Waals surface area (Å²) in [6.45, 7) is 7.87. The number of carbonyl (C=O) groups is 1. The zero-order valence-electron chi connectivity index (χ0n) is 8.14. The minimum atomic E-state index is -0.183. The van der Waals surface area contributed by atoms with Crippen molar-refractivity contribution in [1.82, 2.24) is 10.4 Å². The standard InChI is InChI=1S/C9H16N2O/c1-5-8(12)11-9(3,4)6-7(2)10-11/h6,10H,5H2,1-4H3. The first-order chi connectivity index (χ1) is 5.47. The van der Waals surface area contributed by atoms with Gasteiger partial charge in [0, 0.05) is 12.1 Å². The van der Waals surface area contributed by atoms with Crippen molar-refractivity contribution < 1.29 is 4.79 Å². The molecule has 0 saturated carbocycles. The number of amides is 1. The van der Waals surface area contributed by atoms with E-state index >= 15 is 0 Å². The molecule has 1 aliphatic rings. The van der Waals surface area contributed by atoms with Crippen molar-refractivity contribution in [3.8, 4) is 0 Å². The van der Waals surface area contributed by atoms with Crippen LogP contribution in [0.3, 0.4) is 0 Å². The van der Waals surface area contributed by atoms with Crippen molar-refractivity contribution in [2.24, 2.45) is 0 Å². The van der Waals surface area contributed by atoms with Crippen molar-refractivity contribution in [2.75, 3.05) is 0 Å². The summed E-state index contributed by atoms with van der Waals surface area (Å²) in [7, 11) is 0. The number of hydrogen-bond acceptors (Lipinski definition) is 2. The number of hydrogen-bond donors (Lipinski definition) is 1. The highest BCUT2D eigenvalue weighted by Gasteiger charge is 2.32. The topological polar surface area (TPSA) is 32.3 Å². The number of hydrazine groups is 1. The van der Waals surface area contributed by atoms with Gasteiger partial charge in [-0.3, -0.25) is 10.2 Å². The van der Waals surface area contributed by atoms with Gasteiger partial charge in [-0.25, -0.2) is 5.01 Å². The van der Waals surface area contributed by atoms with Gasteiger partial charge in [0.25, 0.3) is 0 Å². The van der Waals surface area contributed by atoms with Crippen LogP contribution in [0.2, 0.25) is 0 Å². The predicted octanol–water partition coefficient (Wildman–Crippen LogP) is 1.43. The van der Waals surface area contributed by atoms with E-state index in [4.69, 9.17) is 0 Å². The lowest BCUT2D eigenvalue weighted by atomic mass is 10.1. The Morgan fingerprint density at radius 3 is 2.58 bits per heavy atom. The maximum atomic E-state index is 11.4. The molecule has 0 saturated heterocycles. The van der Waals surface area contributed by atoms with Gasteiger partial charge < -0.3 is 0 Å². The molecule has 0 radical (unpaired) electrons. The number of nitrogens with zero attached hydrogens (tertiary/aromatic N) is 1. The van der Waals surface area contributed by atoms with E-state index < -0.39 is 0 Å². The number of nitrogens with one attached hydrogen (secondary N) is 1. The summed E-state index contributed by atoms with van der Waals surface area (Å²) in [6.07, 6.45) is 2.60. The Bertz CT molecular complexity index is 231. The van der Waals surface area contributed by atoms with Crippen LogP contribution in [0, 0.1) is 0 Å². The number of carbonyl (C=O) groups excluding carboxylic acids is 1. The van der Waals surface area contributed by atoms with Gasteiger partial charge in [0.1, 0.15) is 0 Å². The molecule has 0 aromatic carbocycles. The molecule has 3 nitrogen and oxygen atoms in total. The Balaban J connectivity index is 2.79. The van der Waals surface area contributed by atoms with Gasteiger partial charge in [-0.15, -0.1) is 0 Å². The molecule has 1 heterocycles. The first kappa shape index (κ1) is 9.10. The molecule has 1 aliphatic heterocycles. The normalized spacial score (nSPS) is 20.3. The van der Waals surface area contributed by atoms with Crippen LogP contribution in [-0.4, -0.2) is 16.5 Å². The Morgan fingerprint density at radius 2 is 2.25 bits per heavy atom. The molecule has 0 aromatic heterocycles. The van der Waals surface area contributed by atoms with Crippen molar-refractivity contribution in [2.45, 2.75) is 39.7 Å². The van der Waals surface area contributed by atoms with E-state index in [2.05, 4.69) is 11.5 Å². The van der Waals surface area contributed by atoms with Crippen LogP contribution in [0.5, 0.6) is 0 Å². The molecule has 0 atom stereocenters. The second kappa shape index (κ2) is 2.81. The molecule has 1 N–H and O–H groups in total. The monoisotopic (exact) mass is 168 g/mol. The Kier molecular flexibility index (Phi) is 2.13. The third kappa shape index (κ3) is 1.44. The van der Waals surface area contributed by atoms with Gasteiger partial charge in [0.05, 0.1) is 5.54 Å². The summed E-state index contributed by atoms with van der Waals surface area (Å²) < 4.78 is 0. The second-order valence-electron chi connectivity index (χ2n) is 3.68. The molecule has 12 heavy (non-hydrogen) atoms. The van der Waals surface area contributed by atoms with Gasteiger partial charge >= 0.3 is 0 Å². The molecule has 0 aliphatic carbocycles. The SMILES string of the molecule is CCC(=O)N1NC(C)=CC1(C)C. The van der Waals surface area contributed by atoms with Gasteiger partial charge in [-0.2, -0.15) is 0 Å². The van der Waals surface area contributed by atoms with Gasteiger partial charge in [0.2, 0.25) is 5.91 Å². The summed E-state index contributed by atoms with van der Waals surface area (Å²) >= 11 is 0. The average molecular weight is 168 g/mol. The first-order valence-electron chi connectivity index (χ1n) is 4.26. The molecule has 3 heteroatoms. The quantitative estimate of drug-likeness (QED) is 0.642. The molecule has 0 unspecified atom stereocenters. The molecular formula is C9H16N2O. The number of allylic oxidation sites excluding steroid dienone is 1. The van der Waals surface area contributed by atoms with Gasteiger partial charge in [0.15, 0.2) is 0 Å². The van der Waals surface area contributed by atoms with E-state index in [0.717, 1.165) is 5.70 Å². The first-order valence-corrected chi connectivity index (χ1v) is 4.26. The van der Waals surface area contributed by atoms with Crippen LogP contribution in [0.25, 0.3) is 0 Å². The van der Waals surface area contributed by atoms with Gasteiger partial charge in [-0.05, 0) is 26.8 Å². The third-order valence-corrected chi connectivity index (χ3v) is 1.99. The Hall–Kier alpha value is -0.990. The van der Waals surface area contributed by atoms with E-state index in [1.807, 2.05) is 27.7 Å². The second-order valence-corrected chi connectivity index (χ2v) is 3.68. The summed E-state index contributed by atoms with van der Waals surface area (Å²) in [4.78, 5) is 11.4. The molecule has 1 rings (SSSR count). The van der Waals surface area contributed by atoms with E-state index in [9.17, 15) is 4.79 Å². The highest BCUT2D eigenvalue weighted by Crippen LogP contribution is 2.22. The lowest BCUT2D eigenvalue weighted by Crippen LogP contribution is -2.48. The van der Waals surface area contributed by atoms with Crippen LogP contribution < -0.4 is 5.43 Å². The summed E-state index contributed by atoms with van der Waals surface area (Å²) in [6, 6.07) is 0. The largest absolute Gasteiger partial charge is 0.300 e. The minimum Gasteiger partial charge on any atom is -0.300 e. The van der Waals surface area contributed by atoms with E-state index in [0.29, 0.717) is 6.42 Å². The smallest absolute Gasteiger partial charge is 0.241 e. The lowest BCUT2D eigenvalue weighted by molar-refractivity contribution is -0.136.